The first-order valence-corrected chi connectivity index (χ1v) is 2.34. The molecule has 0 saturated heterocycles. The Labute approximate surface area is 53.2 Å². The highest BCUT2D eigenvalue weighted by Gasteiger charge is 1.76. The van der Waals surface area contributed by atoms with Gasteiger partial charge in [0, 0.05) is 11.6 Å². The molecule has 0 aliphatic carbocycles. The number of rotatable bonds is 0. The summed E-state index contributed by atoms with van der Waals surface area (Å²) in [6, 6.07) is 0. The quantitative estimate of drug-likeness (QED) is 0.583. The highest BCUT2D eigenvalue weighted by molar-refractivity contribution is 7.13. The molecule has 0 bridgehead atoms. The van der Waals surface area contributed by atoms with Gasteiger partial charge < -0.3 is 5.73 Å². The number of nitrogens with two attached hydrogens (primary N) is 1. The Morgan fingerprint density at radius 1 is 2.00 bits per heavy atom. The van der Waals surface area contributed by atoms with Crippen molar-refractivity contribution in [1.29, 1.82) is 0 Å². The van der Waals surface area contributed by atoms with Crippen molar-refractivity contribution >= 4 is 28.9 Å². The molecule has 0 fully saturated rings. The van der Waals surface area contributed by atoms with Crippen LogP contribution in [0, 0.1) is 0 Å². The third kappa shape index (κ3) is 1.75. The molecule has 0 radical (unpaired) electrons. The highest BCUT2D eigenvalue weighted by atomic mass is 35.5. The molecular formula is C3H5ClN2S. The van der Waals surface area contributed by atoms with Gasteiger partial charge in [0.15, 0.2) is 5.13 Å². The monoisotopic (exact) mass is 137 g/mol. The number of nitrogen functional groups attached to an aromatic ring is 1. The molecule has 0 unspecified atom stereocenters. The normalized spacial score (nSPS) is 9.43. The van der Waals surface area contributed by atoms with Crippen molar-refractivity contribution in [2.75, 3.05) is 5.73 Å². The Balaban J connectivity index is 0.000000490. The summed E-state index contributed by atoms with van der Waals surface area (Å²) in [5.74, 6) is 0. The summed E-state index contributed by atoms with van der Waals surface area (Å²) in [5, 5.41) is 2.06. The van der Waals surface area contributed by atoms with E-state index in [2.05, 4.69) is 4.98 Å². The molecule has 0 saturated carbocycles. The van der Waals surface area contributed by atoms with Gasteiger partial charge in [-0.3, -0.25) is 0 Å². The minimum atomic E-state index is 0. The molecule has 1 rings (SSSR count). The lowest BCUT2D eigenvalue weighted by Gasteiger charge is -1.67. The number of aromatic nitrogens is 1. The molecule has 1 heterocycles. The summed E-state index contributed by atoms with van der Waals surface area (Å²) in [5.41, 5.74) is 5.17. The maximum Gasteiger partial charge on any atom is 0.179 e. The van der Waals surface area contributed by atoms with Gasteiger partial charge in [0.25, 0.3) is 0 Å². The van der Waals surface area contributed by atoms with Gasteiger partial charge in [-0.05, 0) is 0 Å². The number of thiazole rings is 1. The van der Waals surface area contributed by atoms with Gasteiger partial charge in [0.05, 0.1) is 1.37 Å². The van der Waals surface area contributed by atoms with Crippen LogP contribution in [0.3, 0.4) is 0 Å². The second-order valence-corrected chi connectivity index (χ2v) is 1.70. The zero-order valence-corrected chi connectivity index (χ0v) is 5.05. The van der Waals surface area contributed by atoms with Crippen molar-refractivity contribution in [2.24, 2.45) is 0 Å². The lowest BCUT2D eigenvalue weighted by Crippen LogP contribution is -1.77. The Morgan fingerprint density at radius 2 is 2.71 bits per heavy atom. The minimum Gasteiger partial charge on any atom is -0.375 e. The minimum absolute atomic E-state index is 0. The van der Waals surface area contributed by atoms with Crippen LogP contribution in [-0.4, -0.2) is 4.98 Å². The fourth-order valence-corrected chi connectivity index (χ4v) is 0.535. The predicted octanol–water partition coefficient (Wildman–Crippen LogP) is 1.15. The van der Waals surface area contributed by atoms with E-state index in [9.17, 15) is 0 Å². The number of nitrogens with zero attached hydrogens (tertiary/aromatic N) is 1. The highest BCUT2D eigenvalue weighted by Crippen LogP contribution is 2.02. The first kappa shape index (κ1) is 4.87. The Morgan fingerprint density at radius 3 is 2.86 bits per heavy atom. The van der Waals surface area contributed by atoms with Crippen molar-refractivity contribution < 1.29 is 1.37 Å². The van der Waals surface area contributed by atoms with Gasteiger partial charge in [-0.1, -0.05) is 0 Å². The standard InChI is InChI=1S/C3H4N2S.ClH/c4-3-5-1-2-6-3;/h1-2H,(H2,4,5);1H/i1D;. The number of anilines is 1. The molecule has 0 aliphatic heterocycles. The van der Waals surface area contributed by atoms with Crippen LogP contribution in [-0.2, 0) is 0 Å². The zero-order valence-electron chi connectivity index (χ0n) is 4.42. The smallest absolute Gasteiger partial charge is 0.179 e. The molecule has 0 spiro atoms. The van der Waals surface area contributed by atoms with Crippen LogP contribution in [0.15, 0.2) is 11.6 Å². The zero-order chi connectivity index (χ0) is 5.28. The summed E-state index contributed by atoms with van der Waals surface area (Å²) in [7, 11) is 0. The van der Waals surface area contributed by atoms with Gasteiger partial charge in [0.2, 0.25) is 0 Å². The summed E-state index contributed by atoms with van der Waals surface area (Å²) < 4.78 is 6.84. The van der Waals surface area contributed by atoms with Gasteiger partial charge in [-0.25, -0.2) is 4.98 Å². The first-order valence-electron chi connectivity index (χ1n) is 1.96. The third-order valence-electron chi connectivity index (χ3n) is 0.407. The largest absolute Gasteiger partial charge is 0.375 e. The van der Waals surface area contributed by atoms with Crippen molar-refractivity contribution in [2.45, 2.75) is 0 Å². The maximum atomic E-state index is 6.84. The van der Waals surface area contributed by atoms with Crippen LogP contribution in [0.25, 0.3) is 0 Å². The summed E-state index contributed by atoms with van der Waals surface area (Å²) in [6.07, 6.45) is 0.252. The molecule has 0 atom stereocenters. The summed E-state index contributed by atoms with van der Waals surface area (Å²) in [4.78, 5) is 3.57. The van der Waals surface area contributed by atoms with Crippen LogP contribution in [0.2, 0.25) is 0 Å². The average Bonchev–Trinajstić information content (AvgIpc) is 1.87. The van der Waals surface area contributed by atoms with Crippen molar-refractivity contribution in [3.05, 3.63) is 11.6 Å². The topological polar surface area (TPSA) is 38.9 Å². The van der Waals surface area contributed by atoms with E-state index in [1.54, 1.807) is 5.38 Å². The van der Waals surface area contributed by atoms with E-state index in [1.807, 2.05) is 0 Å². The number of hydrogen-bond acceptors (Lipinski definition) is 3. The van der Waals surface area contributed by atoms with E-state index in [1.165, 1.54) is 11.3 Å². The molecule has 1 aromatic heterocycles. The molecule has 2 nitrogen and oxygen atoms in total. The van der Waals surface area contributed by atoms with Crippen LogP contribution in [0.1, 0.15) is 1.37 Å². The van der Waals surface area contributed by atoms with E-state index >= 15 is 0 Å². The molecule has 0 aromatic carbocycles. The van der Waals surface area contributed by atoms with E-state index in [-0.39, 0.29) is 18.6 Å². The molecule has 40 valence electrons. The summed E-state index contributed by atoms with van der Waals surface area (Å²) >= 11 is 1.28. The van der Waals surface area contributed by atoms with Gasteiger partial charge >= 0.3 is 0 Å². The van der Waals surface area contributed by atoms with Gasteiger partial charge in [0.1, 0.15) is 0 Å². The maximum absolute atomic E-state index is 6.84. The second-order valence-electron chi connectivity index (χ2n) is 0.815. The van der Waals surface area contributed by atoms with E-state index in [0.717, 1.165) is 0 Å². The van der Waals surface area contributed by atoms with Crippen molar-refractivity contribution in [3.8, 4) is 0 Å². The van der Waals surface area contributed by atoms with E-state index in [0.29, 0.717) is 5.13 Å². The second kappa shape index (κ2) is 2.82. The Bertz CT molecular complexity index is 150. The predicted molar refractivity (Wildman–Crippen MR) is 33.8 cm³/mol. The van der Waals surface area contributed by atoms with Gasteiger partial charge in [-0.2, -0.15) is 0 Å². The first-order chi connectivity index (χ1) is 3.29. The van der Waals surface area contributed by atoms with Crippen LogP contribution in [0.5, 0.6) is 0 Å². The molecular weight excluding hydrogens is 132 g/mol. The molecule has 0 aliphatic rings. The van der Waals surface area contributed by atoms with E-state index in [4.69, 9.17) is 7.10 Å². The summed E-state index contributed by atoms with van der Waals surface area (Å²) in [6.45, 7) is 0. The third-order valence-corrected chi connectivity index (χ3v) is 0.963. The van der Waals surface area contributed by atoms with E-state index < -0.39 is 0 Å². The van der Waals surface area contributed by atoms with Crippen LogP contribution in [0.4, 0.5) is 5.13 Å². The lowest BCUT2D eigenvalue weighted by atomic mass is 11.0. The SMILES string of the molecule is Cl.[2H]c1csc(N)n1. The fourth-order valence-electron chi connectivity index (χ4n) is 0.203. The fraction of sp³-hybridized carbons (Fsp3) is 0. The molecule has 4 heteroatoms. The molecule has 7 heavy (non-hydrogen) atoms. The van der Waals surface area contributed by atoms with Crippen LogP contribution < -0.4 is 5.73 Å². The number of hydrogen-bond donors (Lipinski definition) is 1. The lowest BCUT2D eigenvalue weighted by molar-refractivity contribution is 1.43. The molecule has 0 amide bonds. The molecule has 2 N–H and O–H groups in total. The Kier molecular flexibility index (Phi) is 1.96. The van der Waals surface area contributed by atoms with Crippen molar-refractivity contribution in [3.63, 3.8) is 0 Å². The molecule has 1 aromatic rings. The van der Waals surface area contributed by atoms with Gasteiger partial charge in [-0.15, -0.1) is 23.7 Å². The number of halogens is 1. The van der Waals surface area contributed by atoms with Crippen molar-refractivity contribution in [1.82, 2.24) is 4.98 Å². The average molecular weight is 138 g/mol. The Hall–Kier alpha value is -0.280. The van der Waals surface area contributed by atoms with Crippen LogP contribution >= 0.6 is 23.7 Å².